The fourth-order valence-corrected chi connectivity index (χ4v) is 3.12. The quantitative estimate of drug-likeness (QED) is 0.625. The van der Waals surface area contributed by atoms with Crippen LogP contribution in [0.2, 0.25) is 0 Å². The van der Waals surface area contributed by atoms with Gasteiger partial charge in [-0.3, -0.25) is 5.32 Å². The number of esters is 1. The number of methoxy groups -OCH3 is 1. The van der Waals surface area contributed by atoms with E-state index >= 15 is 0 Å². The third-order valence-corrected chi connectivity index (χ3v) is 4.65. The van der Waals surface area contributed by atoms with Crippen LogP contribution in [0.1, 0.15) is 29.7 Å². The molecule has 0 heterocycles. The number of ether oxygens (including phenoxy) is 2. The van der Waals surface area contributed by atoms with Gasteiger partial charge in [0.1, 0.15) is 0 Å². The van der Waals surface area contributed by atoms with Crippen molar-refractivity contribution >= 4 is 5.97 Å². The Kier molecular flexibility index (Phi) is 7.81. The monoisotopic (exact) mass is 409 g/mol. The van der Waals surface area contributed by atoms with Gasteiger partial charge < -0.3 is 9.47 Å². The fourth-order valence-electron chi connectivity index (χ4n) is 3.12. The molecule has 0 bridgehead atoms. The number of halogens is 3. The van der Waals surface area contributed by atoms with Crippen molar-refractivity contribution in [2.24, 2.45) is 0 Å². The first kappa shape index (κ1) is 22.9. The van der Waals surface area contributed by atoms with Crippen LogP contribution >= 0.6 is 0 Å². The lowest BCUT2D eigenvalue weighted by atomic mass is 9.87. The van der Waals surface area contributed by atoms with E-state index < -0.39 is 30.1 Å². The molecule has 0 aliphatic heterocycles. The van der Waals surface area contributed by atoms with E-state index in [1.165, 1.54) is 14.0 Å². The Morgan fingerprint density at radius 1 is 1.07 bits per heavy atom. The van der Waals surface area contributed by atoms with Gasteiger partial charge >= 0.3 is 12.1 Å². The summed E-state index contributed by atoms with van der Waals surface area (Å²) in [5, 5.41) is 2.55. The number of carbonyl (C=O) groups excluding carboxylic acids is 1. The van der Waals surface area contributed by atoms with Crippen molar-refractivity contribution in [3.8, 4) is 0 Å². The molecule has 4 nitrogen and oxygen atoms in total. The Morgan fingerprint density at radius 3 is 2.21 bits per heavy atom. The molecule has 0 aliphatic carbocycles. The minimum atomic E-state index is -4.90. The highest BCUT2D eigenvalue weighted by Gasteiger charge is 2.62. The molecule has 2 aromatic carbocycles. The van der Waals surface area contributed by atoms with Gasteiger partial charge in [-0.25, -0.2) is 4.79 Å². The van der Waals surface area contributed by atoms with Gasteiger partial charge in [0, 0.05) is 13.5 Å². The van der Waals surface area contributed by atoms with Crippen molar-refractivity contribution in [2.75, 3.05) is 20.3 Å². The molecular weight excluding hydrogens is 383 g/mol. The molecule has 29 heavy (non-hydrogen) atoms. The summed E-state index contributed by atoms with van der Waals surface area (Å²) in [4.78, 5) is 12.7. The van der Waals surface area contributed by atoms with E-state index in [1.807, 2.05) is 6.92 Å². The summed E-state index contributed by atoms with van der Waals surface area (Å²) in [5.74, 6) is -1.36. The van der Waals surface area contributed by atoms with Gasteiger partial charge in [-0.05, 0) is 25.0 Å². The number of hydrogen-bond donors (Lipinski definition) is 1. The van der Waals surface area contributed by atoms with Crippen molar-refractivity contribution in [1.29, 1.82) is 0 Å². The third-order valence-electron chi connectivity index (χ3n) is 4.65. The number of aryl methyl sites for hydroxylation is 1. The zero-order chi connectivity index (χ0) is 21.5. The summed E-state index contributed by atoms with van der Waals surface area (Å²) in [5.41, 5.74) is -1.05. The number of rotatable bonds is 9. The summed E-state index contributed by atoms with van der Waals surface area (Å²) in [7, 11) is 1.40. The minimum Gasteiger partial charge on any atom is -0.464 e. The average molecular weight is 409 g/mol. The first-order chi connectivity index (χ1) is 13.7. The maximum atomic E-state index is 14.4. The van der Waals surface area contributed by atoms with E-state index in [0.29, 0.717) is 11.1 Å². The van der Waals surface area contributed by atoms with E-state index in [0.717, 1.165) is 5.56 Å². The van der Waals surface area contributed by atoms with Crippen LogP contribution in [-0.2, 0) is 20.7 Å². The Labute approximate surface area is 169 Å². The molecule has 0 spiro atoms. The van der Waals surface area contributed by atoms with Crippen LogP contribution in [0.15, 0.2) is 54.6 Å². The molecule has 2 rings (SSSR count). The molecule has 0 aliphatic rings. The molecule has 0 fully saturated rings. The smallest absolute Gasteiger partial charge is 0.417 e. The predicted octanol–water partition coefficient (Wildman–Crippen LogP) is 4.38. The summed E-state index contributed by atoms with van der Waals surface area (Å²) in [6.07, 6.45) is -5.49. The second-order valence-electron chi connectivity index (χ2n) is 6.85. The van der Waals surface area contributed by atoms with Crippen LogP contribution in [0.5, 0.6) is 0 Å². The maximum Gasteiger partial charge on any atom is 0.417 e. The lowest BCUT2D eigenvalue weighted by Crippen LogP contribution is -2.65. The molecule has 0 saturated carbocycles. The maximum absolute atomic E-state index is 14.4. The largest absolute Gasteiger partial charge is 0.464 e. The average Bonchev–Trinajstić information content (AvgIpc) is 2.68. The molecule has 158 valence electrons. The van der Waals surface area contributed by atoms with Gasteiger partial charge in [-0.2, -0.15) is 13.2 Å². The number of nitrogens with one attached hydrogen (secondary N) is 1. The molecule has 0 amide bonds. The van der Waals surface area contributed by atoms with Crippen LogP contribution in [0, 0.1) is 6.92 Å². The van der Waals surface area contributed by atoms with E-state index in [4.69, 9.17) is 9.47 Å². The van der Waals surface area contributed by atoms with Crippen LogP contribution in [0.4, 0.5) is 13.2 Å². The normalized spacial score (nSPS) is 14.8. The van der Waals surface area contributed by atoms with E-state index in [9.17, 15) is 18.0 Å². The van der Waals surface area contributed by atoms with Crippen LogP contribution < -0.4 is 5.32 Å². The number of carbonyl (C=O) groups is 1. The second kappa shape index (κ2) is 9.89. The number of hydrogen-bond acceptors (Lipinski definition) is 4. The molecule has 0 saturated heterocycles. The highest BCUT2D eigenvalue weighted by atomic mass is 19.4. The van der Waals surface area contributed by atoms with Crippen molar-refractivity contribution < 1.29 is 27.4 Å². The Balaban J connectivity index is 2.53. The van der Waals surface area contributed by atoms with Gasteiger partial charge in [-0.1, -0.05) is 60.2 Å². The Hall–Kier alpha value is -2.38. The zero-order valence-corrected chi connectivity index (χ0v) is 16.8. The van der Waals surface area contributed by atoms with Gasteiger partial charge in [0.15, 0.2) is 0 Å². The van der Waals surface area contributed by atoms with Gasteiger partial charge in [0.25, 0.3) is 0 Å². The van der Waals surface area contributed by atoms with Crippen molar-refractivity contribution in [2.45, 2.75) is 38.0 Å². The Morgan fingerprint density at radius 2 is 1.69 bits per heavy atom. The molecule has 7 heteroatoms. The minimum absolute atomic E-state index is 0.0465. The molecule has 0 aromatic heterocycles. The zero-order valence-electron chi connectivity index (χ0n) is 16.8. The highest BCUT2D eigenvalue weighted by Crippen LogP contribution is 2.37. The highest BCUT2D eigenvalue weighted by molar-refractivity contribution is 5.82. The summed E-state index contributed by atoms with van der Waals surface area (Å²) < 4.78 is 53.3. The lowest BCUT2D eigenvalue weighted by Gasteiger charge is -2.37. The van der Waals surface area contributed by atoms with Crippen molar-refractivity contribution in [3.63, 3.8) is 0 Å². The molecule has 0 unspecified atom stereocenters. The SMILES string of the molecule is CCOC(=O)[C@](Cc1ccc(C)cc1)(N[C@@H](COC)c1ccccc1)C(F)(F)F. The van der Waals surface area contributed by atoms with Crippen LogP contribution in [0.25, 0.3) is 0 Å². The van der Waals surface area contributed by atoms with Crippen molar-refractivity contribution in [1.82, 2.24) is 5.32 Å². The van der Waals surface area contributed by atoms with Gasteiger partial charge in [0.2, 0.25) is 5.54 Å². The lowest BCUT2D eigenvalue weighted by molar-refractivity contribution is -0.216. The van der Waals surface area contributed by atoms with Crippen LogP contribution in [-0.4, -0.2) is 38.0 Å². The van der Waals surface area contributed by atoms with E-state index in [2.05, 4.69) is 5.32 Å². The third kappa shape index (κ3) is 5.58. The summed E-state index contributed by atoms with van der Waals surface area (Å²) >= 11 is 0. The van der Waals surface area contributed by atoms with Gasteiger partial charge in [0.05, 0.1) is 19.3 Å². The molecule has 2 aromatic rings. The summed E-state index contributed by atoms with van der Waals surface area (Å²) in [6, 6.07) is 14.3. The van der Waals surface area contributed by atoms with Crippen molar-refractivity contribution in [3.05, 3.63) is 71.3 Å². The van der Waals surface area contributed by atoms with E-state index in [-0.39, 0.29) is 13.2 Å². The van der Waals surface area contributed by atoms with Crippen LogP contribution in [0.3, 0.4) is 0 Å². The topological polar surface area (TPSA) is 47.6 Å². The van der Waals surface area contributed by atoms with E-state index in [1.54, 1.807) is 54.6 Å². The Bertz CT molecular complexity index is 778. The first-order valence-electron chi connectivity index (χ1n) is 9.34. The molecule has 1 N–H and O–H groups in total. The molecular formula is C22H26F3NO3. The molecule has 0 radical (unpaired) electrons. The fraction of sp³-hybridized carbons (Fsp3) is 0.409. The number of alkyl halides is 3. The molecule has 2 atom stereocenters. The second-order valence-corrected chi connectivity index (χ2v) is 6.85. The van der Waals surface area contributed by atoms with Gasteiger partial charge in [-0.15, -0.1) is 0 Å². The standard InChI is InChI=1S/C22H26F3NO3/c1-4-29-20(27)21(22(23,24)25,14-17-12-10-16(2)11-13-17)26-19(15-28-3)18-8-6-5-7-9-18/h5-13,19,26H,4,14-15H2,1-3H3/t19-,21-/m0/s1. The first-order valence-corrected chi connectivity index (χ1v) is 9.34. The number of benzene rings is 2. The summed E-state index contributed by atoms with van der Waals surface area (Å²) in [6.45, 7) is 3.12. The predicted molar refractivity (Wildman–Crippen MR) is 104 cm³/mol.